The molecule has 0 atom stereocenters. The van der Waals surface area contributed by atoms with Crippen molar-refractivity contribution in [3.8, 4) is 0 Å². The van der Waals surface area contributed by atoms with Gasteiger partial charge in [0.2, 0.25) is 0 Å². The van der Waals surface area contributed by atoms with Crippen LogP contribution >= 0.6 is 11.6 Å². The van der Waals surface area contributed by atoms with E-state index < -0.39 is 0 Å². The molecule has 2 aromatic rings. The molecule has 0 radical (unpaired) electrons. The van der Waals surface area contributed by atoms with Crippen LogP contribution in [0.3, 0.4) is 0 Å². The smallest absolute Gasteiger partial charge is 0.270 e. The molecular weight excluding hydrogens is 370 g/mol. The fourth-order valence-electron chi connectivity index (χ4n) is 5.08. The molecule has 28 heavy (non-hydrogen) atoms. The molecule has 0 aliphatic heterocycles. The third-order valence-corrected chi connectivity index (χ3v) is 6.86. The number of nitrogens with one attached hydrogen (secondary N) is 1. The van der Waals surface area contributed by atoms with Crippen molar-refractivity contribution in [1.82, 2.24) is 14.7 Å². The molecule has 0 aromatic carbocycles. The van der Waals surface area contributed by atoms with Gasteiger partial charge in [-0.3, -0.25) is 9.20 Å². The Hall–Kier alpha value is -1.55. The quantitative estimate of drug-likeness (QED) is 0.592. The van der Waals surface area contributed by atoms with Crippen molar-refractivity contribution in [2.45, 2.75) is 83.0 Å². The van der Waals surface area contributed by atoms with Crippen molar-refractivity contribution in [3.05, 3.63) is 34.7 Å². The molecule has 4 nitrogen and oxygen atoms in total. The Kier molecular flexibility index (Phi) is 6.56. The zero-order valence-electron chi connectivity index (χ0n) is 16.8. The molecule has 2 heterocycles. The van der Waals surface area contributed by atoms with Gasteiger partial charge < -0.3 is 5.32 Å². The summed E-state index contributed by atoms with van der Waals surface area (Å²) in [5, 5.41) is 3.84. The summed E-state index contributed by atoms with van der Waals surface area (Å²) in [6.45, 7) is 0.750. The Labute approximate surface area is 173 Å². The van der Waals surface area contributed by atoms with Crippen molar-refractivity contribution in [2.24, 2.45) is 5.92 Å². The molecule has 0 bridgehead atoms. The van der Waals surface area contributed by atoms with Crippen LogP contribution in [0.1, 0.15) is 99.2 Å². The van der Waals surface area contributed by atoms with E-state index in [0.717, 1.165) is 48.8 Å². The second-order valence-electron chi connectivity index (χ2n) is 8.66. The number of halogens is 1. The molecule has 2 aromatic heterocycles. The Morgan fingerprint density at radius 3 is 2.57 bits per heavy atom. The van der Waals surface area contributed by atoms with Gasteiger partial charge in [0.15, 0.2) is 0 Å². The summed E-state index contributed by atoms with van der Waals surface area (Å²) in [6.07, 6.45) is 17.1. The summed E-state index contributed by atoms with van der Waals surface area (Å²) < 4.78 is 1.92. The minimum Gasteiger partial charge on any atom is -0.351 e. The number of rotatable bonds is 6. The Bertz CT molecular complexity index is 804. The highest BCUT2D eigenvalue weighted by Gasteiger charge is 2.27. The highest BCUT2D eigenvalue weighted by atomic mass is 35.5. The molecule has 0 saturated heterocycles. The summed E-state index contributed by atoms with van der Waals surface area (Å²) in [6, 6.07) is 3.69. The van der Waals surface area contributed by atoms with E-state index in [1.54, 1.807) is 0 Å². The van der Waals surface area contributed by atoms with Gasteiger partial charge in [-0.15, -0.1) is 0 Å². The topological polar surface area (TPSA) is 46.4 Å². The lowest BCUT2D eigenvalue weighted by Crippen LogP contribution is -2.28. The van der Waals surface area contributed by atoms with E-state index in [4.69, 9.17) is 16.6 Å². The van der Waals surface area contributed by atoms with Crippen LogP contribution in [0, 0.1) is 5.92 Å². The minimum absolute atomic E-state index is 0.0130. The maximum atomic E-state index is 13.1. The molecule has 2 aliphatic carbocycles. The van der Waals surface area contributed by atoms with Crippen LogP contribution in [-0.4, -0.2) is 21.8 Å². The van der Waals surface area contributed by atoms with E-state index in [2.05, 4.69) is 5.32 Å². The van der Waals surface area contributed by atoms with Crippen LogP contribution < -0.4 is 5.32 Å². The summed E-state index contributed by atoms with van der Waals surface area (Å²) in [5.74, 6) is 1.26. The molecule has 2 aliphatic rings. The van der Waals surface area contributed by atoms with Gasteiger partial charge >= 0.3 is 0 Å². The first-order valence-electron chi connectivity index (χ1n) is 11.2. The molecular formula is C23H32ClN3O. The largest absolute Gasteiger partial charge is 0.351 e. The highest BCUT2D eigenvalue weighted by molar-refractivity contribution is 6.30. The van der Waals surface area contributed by atoms with Crippen LogP contribution in [0.25, 0.3) is 5.65 Å². The number of amides is 1. The predicted molar refractivity (Wildman–Crippen MR) is 114 cm³/mol. The zero-order valence-corrected chi connectivity index (χ0v) is 17.5. The molecule has 2 fully saturated rings. The molecule has 4 rings (SSSR count). The van der Waals surface area contributed by atoms with E-state index in [0.29, 0.717) is 10.9 Å². The molecule has 5 heteroatoms. The van der Waals surface area contributed by atoms with E-state index in [1.807, 2.05) is 22.7 Å². The predicted octanol–water partition coefficient (Wildman–Crippen LogP) is 6.13. The summed E-state index contributed by atoms with van der Waals surface area (Å²) in [7, 11) is 0. The highest BCUT2D eigenvalue weighted by Crippen LogP contribution is 2.34. The fourth-order valence-corrected chi connectivity index (χ4v) is 5.23. The van der Waals surface area contributed by atoms with Gasteiger partial charge in [-0.05, 0) is 37.7 Å². The third-order valence-electron chi connectivity index (χ3n) is 6.62. The number of aromatic nitrogens is 2. The number of nitrogens with zero attached hydrogens (tertiary/aromatic N) is 2. The Morgan fingerprint density at radius 1 is 1.11 bits per heavy atom. The van der Waals surface area contributed by atoms with E-state index in [1.165, 1.54) is 57.8 Å². The Balaban J connectivity index is 1.46. The number of hydrogen-bond donors (Lipinski definition) is 1. The van der Waals surface area contributed by atoms with Crippen molar-refractivity contribution < 1.29 is 4.79 Å². The zero-order chi connectivity index (χ0) is 19.3. The number of carbonyl (C=O) groups excluding carboxylic acids is 1. The minimum atomic E-state index is 0.0130. The van der Waals surface area contributed by atoms with E-state index in [-0.39, 0.29) is 5.91 Å². The first-order chi connectivity index (χ1) is 13.7. The van der Waals surface area contributed by atoms with Crippen molar-refractivity contribution in [1.29, 1.82) is 0 Å². The summed E-state index contributed by atoms with van der Waals surface area (Å²) in [5.41, 5.74) is 2.46. The maximum Gasteiger partial charge on any atom is 0.270 e. The second kappa shape index (κ2) is 9.30. The number of hydrogen-bond acceptors (Lipinski definition) is 2. The lowest BCUT2D eigenvalue weighted by Gasteiger charge is -2.22. The summed E-state index contributed by atoms with van der Waals surface area (Å²) in [4.78, 5) is 18.0. The van der Waals surface area contributed by atoms with Crippen LogP contribution in [0.2, 0.25) is 5.02 Å². The molecule has 152 valence electrons. The van der Waals surface area contributed by atoms with Gasteiger partial charge in [-0.25, -0.2) is 4.98 Å². The van der Waals surface area contributed by atoms with Crippen molar-refractivity contribution in [2.75, 3.05) is 6.54 Å². The van der Waals surface area contributed by atoms with Crippen LogP contribution in [-0.2, 0) is 0 Å². The Morgan fingerprint density at radius 2 is 1.82 bits per heavy atom. The first-order valence-corrected chi connectivity index (χ1v) is 11.6. The fraction of sp³-hybridized carbons (Fsp3) is 0.652. The van der Waals surface area contributed by atoms with E-state index >= 15 is 0 Å². The number of pyridine rings is 1. The lowest BCUT2D eigenvalue weighted by molar-refractivity contribution is 0.0944. The molecule has 2 saturated carbocycles. The maximum absolute atomic E-state index is 13.1. The van der Waals surface area contributed by atoms with Gasteiger partial charge in [-0.2, -0.15) is 0 Å². The van der Waals surface area contributed by atoms with E-state index in [9.17, 15) is 4.79 Å². The molecule has 1 N–H and O–H groups in total. The summed E-state index contributed by atoms with van der Waals surface area (Å²) >= 11 is 6.17. The standard InChI is InChI=1S/C23H32ClN3O/c24-19-13-15-27-20(16-19)26-21(18-11-5-2-6-12-18)22(27)23(28)25-14-7-10-17-8-3-1-4-9-17/h13,15-18H,1-12,14H2,(H,25,28). The van der Waals surface area contributed by atoms with Gasteiger partial charge in [0.25, 0.3) is 5.91 Å². The van der Waals surface area contributed by atoms with Crippen molar-refractivity contribution in [3.63, 3.8) is 0 Å². The normalized spacial score (nSPS) is 19.2. The molecule has 0 unspecified atom stereocenters. The van der Waals surface area contributed by atoms with Crippen LogP contribution in [0.15, 0.2) is 18.3 Å². The van der Waals surface area contributed by atoms with Gasteiger partial charge in [0.05, 0.1) is 5.69 Å². The average Bonchev–Trinajstić information content (AvgIpc) is 3.11. The first kappa shape index (κ1) is 19.8. The van der Waals surface area contributed by atoms with Crippen molar-refractivity contribution >= 4 is 23.2 Å². The monoisotopic (exact) mass is 401 g/mol. The molecule has 1 amide bonds. The second-order valence-corrected chi connectivity index (χ2v) is 9.09. The third kappa shape index (κ3) is 4.53. The molecule has 0 spiro atoms. The number of fused-ring (bicyclic) bond motifs is 1. The lowest BCUT2D eigenvalue weighted by atomic mass is 9.86. The van der Waals surface area contributed by atoms with Crippen LogP contribution in [0.4, 0.5) is 0 Å². The SMILES string of the molecule is O=C(NCCCC1CCCCC1)c1c(C2CCCCC2)nc2cc(Cl)ccn12. The van der Waals surface area contributed by atoms with Crippen LogP contribution in [0.5, 0.6) is 0 Å². The number of imidazole rings is 1. The number of carbonyl (C=O) groups is 1. The van der Waals surface area contributed by atoms with Gasteiger partial charge in [0, 0.05) is 29.7 Å². The van der Waals surface area contributed by atoms with Gasteiger partial charge in [0.1, 0.15) is 11.3 Å². The average molecular weight is 402 g/mol. The van der Waals surface area contributed by atoms with Gasteiger partial charge in [-0.1, -0.05) is 63.0 Å².